The highest BCUT2D eigenvalue weighted by Gasteiger charge is 2.36. The van der Waals surface area contributed by atoms with Crippen molar-refractivity contribution in [1.29, 1.82) is 0 Å². The number of anilines is 1. The van der Waals surface area contributed by atoms with Gasteiger partial charge in [0.2, 0.25) is 0 Å². The van der Waals surface area contributed by atoms with E-state index in [1.54, 1.807) is 43.9 Å². The molecule has 0 radical (unpaired) electrons. The first-order valence-electron chi connectivity index (χ1n) is 11.2. The molecule has 2 aromatic carbocycles. The van der Waals surface area contributed by atoms with Gasteiger partial charge in [-0.3, -0.25) is 0 Å². The van der Waals surface area contributed by atoms with Crippen molar-refractivity contribution in [2.24, 2.45) is 0 Å². The molecule has 4 rings (SSSR count). The third-order valence-electron chi connectivity index (χ3n) is 5.81. The summed E-state index contributed by atoms with van der Waals surface area (Å²) in [6.45, 7) is 6.91. The highest BCUT2D eigenvalue weighted by Crippen LogP contribution is 2.38. The minimum absolute atomic E-state index is 0.0880. The summed E-state index contributed by atoms with van der Waals surface area (Å²) < 4.78 is 62.5. The van der Waals surface area contributed by atoms with Gasteiger partial charge < -0.3 is 19.1 Å². The molecule has 0 spiro atoms. The zero-order valence-corrected chi connectivity index (χ0v) is 20.4. The van der Waals surface area contributed by atoms with Crippen LogP contribution in [-0.4, -0.2) is 47.3 Å². The molecule has 1 aromatic heterocycles. The molecule has 5 nitrogen and oxygen atoms in total. The molecule has 2 heterocycles. The summed E-state index contributed by atoms with van der Waals surface area (Å²) in [5.41, 5.74) is -0.0180. The summed E-state index contributed by atoms with van der Waals surface area (Å²) in [6.07, 6.45) is -5.01. The molecule has 0 saturated carbocycles. The van der Waals surface area contributed by atoms with Crippen LogP contribution in [0.4, 0.5) is 28.0 Å². The number of piperazine rings is 1. The summed E-state index contributed by atoms with van der Waals surface area (Å²) in [5.74, 6) is -0.683. The van der Waals surface area contributed by atoms with E-state index in [0.29, 0.717) is 48.3 Å². The predicted octanol–water partition coefficient (Wildman–Crippen LogP) is 6.56. The van der Waals surface area contributed by atoms with Gasteiger partial charge in [-0.1, -0.05) is 23.7 Å². The third kappa shape index (κ3) is 5.50. The maximum Gasteiger partial charge on any atom is 0.431 e. The van der Waals surface area contributed by atoms with E-state index in [1.165, 1.54) is 12.1 Å². The fourth-order valence-electron chi connectivity index (χ4n) is 4.23. The van der Waals surface area contributed by atoms with Gasteiger partial charge in [-0.2, -0.15) is 13.2 Å². The van der Waals surface area contributed by atoms with Crippen molar-refractivity contribution in [2.75, 3.05) is 31.1 Å². The quantitative estimate of drug-likeness (QED) is 0.374. The summed E-state index contributed by atoms with van der Waals surface area (Å²) >= 11 is 5.73. The Hall–Kier alpha value is -2.94. The Bertz CT molecular complexity index is 1240. The lowest BCUT2D eigenvalue weighted by atomic mass is 10.1. The Morgan fingerprint density at radius 1 is 1.03 bits per heavy atom. The van der Waals surface area contributed by atoms with Crippen molar-refractivity contribution in [3.8, 4) is 0 Å². The topological polar surface area (TPSA) is 37.7 Å². The van der Waals surface area contributed by atoms with Gasteiger partial charge in [-0.05, 0) is 56.7 Å². The number of hydrogen-bond acceptors (Lipinski definition) is 3. The molecule has 3 aromatic rings. The van der Waals surface area contributed by atoms with Gasteiger partial charge in [0.25, 0.3) is 0 Å². The van der Waals surface area contributed by atoms with E-state index in [1.807, 2.05) is 4.90 Å². The van der Waals surface area contributed by atoms with Crippen LogP contribution in [0.2, 0.25) is 5.02 Å². The Balaban J connectivity index is 1.65. The van der Waals surface area contributed by atoms with E-state index < -0.39 is 29.4 Å². The number of benzene rings is 2. The lowest BCUT2D eigenvalue weighted by molar-refractivity contribution is -0.143. The van der Waals surface area contributed by atoms with E-state index in [9.17, 15) is 22.4 Å². The Labute approximate surface area is 205 Å². The normalized spacial score (nSPS) is 15.1. The highest BCUT2D eigenvalue weighted by molar-refractivity contribution is 6.30. The zero-order chi connectivity index (χ0) is 25.5. The van der Waals surface area contributed by atoms with Gasteiger partial charge in [0, 0.05) is 43.8 Å². The number of carbonyl (C=O) groups is 1. The molecule has 1 saturated heterocycles. The molecule has 10 heteroatoms. The minimum Gasteiger partial charge on any atom is -0.444 e. The van der Waals surface area contributed by atoms with E-state index in [0.717, 1.165) is 16.7 Å². The molecule has 1 fully saturated rings. The maximum atomic E-state index is 14.0. The molecule has 1 aliphatic rings. The van der Waals surface area contributed by atoms with Crippen molar-refractivity contribution < 1.29 is 27.1 Å². The van der Waals surface area contributed by atoms with Crippen molar-refractivity contribution in [3.63, 3.8) is 0 Å². The van der Waals surface area contributed by atoms with Crippen LogP contribution in [0.15, 0.2) is 42.5 Å². The summed E-state index contributed by atoms with van der Waals surface area (Å²) in [6, 6.07) is 10.2. The SMILES string of the molecule is CC(C)(C)OC(=O)N1CCN(c2cccc3c2cc(C(F)(F)F)n3Cc2ccc(Cl)c(F)c2)CC1. The predicted molar refractivity (Wildman–Crippen MR) is 127 cm³/mol. The van der Waals surface area contributed by atoms with E-state index in [-0.39, 0.29) is 11.6 Å². The average Bonchev–Trinajstić information content (AvgIpc) is 3.14. The Morgan fingerprint density at radius 2 is 1.71 bits per heavy atom. The second-order valence-corrected chi connectivity index (χ2v) is 9.93. The number of halogens is 5. The summed E-state index contributed by atoms with van der Waals surface area (Å²) in [7, 11) is 0. The molecule has 1 aliphatic heterocycles. The molecular formula is C25H26ClF4N3O2. The number of fused-ring (bicyclic) bond motifs is 1. The molecule has 0 bridgehead atoms. The molecule has 0 aliphatic carbocycles. The number of aromatic nitrogens is 1. The van der Waals surface area contributed by atoms with Crippen molar-refractivity contribution in [3.05, 3.63) is 64.6 Å². The van der Waals surface area contributed by atoms with E-state index >= 15 is 0 Å². The minimum atomic E-state index is -4.60. The number of nitrogens with zero attached hydrogens (tertiary/aromatic N) is 3. The molecule has 0 N–H and O–H groups in total. The number of hydrogen-bond donors (Lipinski definition) is 0. The highest BCUT2D eigenvalue weighted by atomic mass is 35.5. The fraction of sp³-hybridized carbons (Fsp3) is 0.400. The van der Waals surface area contributed by atoms with Crippen LogP contribution in [0.3, 0.4) is 0 Å². The smallest absolute Gasteiger partial charge is 0.431 e. The summed E-state index contributed by atoms with van der Waals surface area (Å²) in [4.78, 5) is 15.9. The Morgan fingerprint density at radius 3 is 2.31 bits per heavy atom. The Kier molecular flexibility index (Phi) is 6.66. The van der Waals surface area contributed by atoms with Gasteiger partial charge in [0.1, 0.15) is 17.1 Å². The molecule has 1 amide bonds. The lowest BCUT2D eigenvalue weighted by Gasteiger charge is -2.37. The van der Waals surface area contributed by atoms with Crippen molar-refractivity contribution in [2.45, 2.75) is 39.1 Å². The first kappa shape index (κ1) is 25.2. The zero-order valence-electron chi connectivity index (χ0n) is 19.6. The molecule has 188 valence electrons. The monoisotopic (exact) mass is 511 g/mol. The van der Waals surface area contributed by atoms with E-state index in [2.05, 4.69) is 0 Å². The molecule has 35 heavy (non-hydrogen) atoms. The maximum absolute atomic E-state index is 14.0. The number of alkyl halides is 3. The largest absolute Gasteiger partial charge is 0.444 e. The first-order valence-corrected chi connectivity index (χ1v) is 11.6. The fourth-order valence-corrected chi connectivity index (χ4v) is 4.34. The second-order valence-electron chi connectivity index (χ2n) is 9.53. The molecule has 0 atom stereocenters. The average molecular weight is 512 g/mol. The number of ether oxygens (including phenoxy) is 1. The first-order chi connectivity index (χ1) is 16.3. The standard InChI is InChI=1S/C25H26ClF4N3O2/c1-24(2,3)35-23(34)32-11-9-31(10-12-32)20-5-4-6-21-17(20)14-22(25(28,29)30)33(21)15-16-7-8-18(26)19(27)13-16/h4-8,13-14H,9-12,15H2,1-3H3. The number of amides is 1. The van der Waals surface area contributed by atoms with Crippen molar-refractivity contribution in [1.82, 2.24) is 9.47 Å². The van der Waals surface area contributed by atoms with Crippen molar-refractivity contribution >= 4 is 34.3 Å². The third-order valence-corrected chi connectivity index (χ3v) is 6.12. The van der Waals surface area contributed by atoms with Gasteiger partial charge in [0.15, 0.2) is 0 Å². The van der Waals surface area contributed by atoms with Gasteiger partial charge >= 0.3 is 12.3 Å². The van der Waals surface area contributed by atoms with E-state index in [4.69, 9.17) is 16.3 Å². The lowest BCUT2D eigenvalue weighted by Crippen LogP contribution is -2.50. The number of carbonyl (C=O) groups excluding carboxylic acids is 1. The van der Waals surface area contributed by atoms with Crippen LogP contribution >= 0.6 is 11.6 Å². The molecular weight excluding hydrogens is 486 g/mol. The van der Waals surface area contributed by atoms with Gasteiger partial charge in [-0.25, -0.2) is 9.18 Å². The van der Waals surface area contributed by atoms with Crippen LogP contribution in [0.5, 0.6) is 0 Å². The van der Waals surface area contributed by atoms with Crippen LogP contribution < -0.4 is 4.90 Å². The number of rotatable bonds is 3. The second kappa shape index (κ2) is 9.26. The van der Waals surface area contributed by atoms with Crippen LogP contribution in [0, 0.1) is 5.82 Å². The molecule has 0 unspecified atom stereocenters. The van der Waals surface area contributed by atoms with Gasteiger partial charge in [0.05, 0.1) is 10.5 Å². The van der Waals surface area contributed by atoms with Crippen LogP contribution in [0.1, 0.15) is 32.0 Å². The van der Waals surface area contributed by atoms with Crippen LogP contribution in [0.25, 0.3) is 10.9 Å². The summed E-state index contributed by atoms with van der Waals surface area (Å²) in [5, 5.41) is 0.356. The van der Waals surface area contributed by atoms with Gasteiger partial charge in [-0.15, -0.1) is 0 Å². The van der Waals surface area contributed by atoms with Crippen LogP contribution in [-0.2, 0) is 17.5 Å².